The minimum atomic E-state index is -3.96. The molecule has 3 rings (SSSR count). The van der Waals surface area contributed by atoms with Crippen LogP contribution in [0.2, 0.25) is 0 Å². The number of benzene rings is 1. The zero-order valence-electron chi connectivity index (χ0n) is 9.79. The van der Waals surface area contributed by atoms with Crippen molar-refractivity contribution in [3.05, 3.63) is 30.3 Å². The maximum absolute atomic E-state index is 12.1. The molecule has 19 heavy (non-hydrogen) atoms. The van der Waals surface area contributed by atoms with Gasteiger partial charge >= 0.3 is 5.97 Å². The Balaban J connectivity index is 1.98. The second kappa shape index (κ2) is 3.82. The summed E-state index contributed by atoms with van der Waals surface area (Å²) in [5.74, 6) is -1.16. The third-order valence-corrected chi connectivity index (χ3v) is 4.55. The number of rotatable bonds is 4. The molecule has 1 aromatic heterocycles. The minimum absolute atomic E-state index is 0.263. The highest BCUT2D eigenvalue weighted by Gasteiger charge is 2.53. The predicted molar refractivity (Wildman–Crippen MR) is 66.1 cm³/mol. The summed E-state index contributed by atoms with van der Waals surface area (Å²) in [6.07, 6.45) is 0.587. The summed E-state index contributed by atoms with van der Waals surface area (Å²) in [7, 11) is -3.96. The number of carboxylic acids is 1. The van der Waals surface area contributed by atoms with Crippen LogP contribution in [-0.4, -0.2) is 25.0 Å². The standard InChI is InChI=1S/C12H11NO5S/c14-11(15)12(5-6-12)13-19(16,17)10-7-8-3-1-2-4-9(8)18-10/h1-4,7,13H,5-6H2,(H,14,15). The fourth-order valence-electron chi connectivity index (χ4n) is 1.88. The van der Waals surface area contributed by atoms with E-state index in [9.17, 15) is 13.2 Å². The Bertz CT molecular complexity index is 724. The maximum Gasteiger partial charge on any atom is 0.324 e. The summed E-state index contributed by atoms with van der Waals surface area (Å²) < 4.78 is 31.6. The van der Waals surface area contributed by atoms with Crippen LogP contribution in [0, 0.1) is 0 Å². The number of para-hydroxylation sites is 1. The van der Waals surface area contributed by atoms with Gasteiger partial charge in [-0.25, -0.2) is 8.42 Å². The van der Waals surface area contributed by atoms with Gasteiger partial charge in [-0.15, -0.1) is 0 Å². The molecule has 0 aliphatic heterocycles. The van der Waals surface area contributed by atoms with Crippen LogP contribution in [0.5, 0.6) is 0 Å². The number of hydrogen-bond acceptors (Lipinski definition) is 4. The fourth-order valence-corrected chi connectivity index (χ4v) is 3.27. The number of nitrogens with one attached hydrogen (secondary N) is 1. The molecule has 1 saturated carbocycles. The van der Waals surface area contributed by atoms with Crippen molar-refractivity contribution in [2.75, 3.05) is 0 Å². The first-order chi connectivity index (χ1) is 8.93. The van der Waals surface area contributed by atoms with Gasteiger partial charge in [0, 0.05) is 11.5 Å². The quantitative estimate of drug-likeness (QED) is 0.881. The van der Waals surface area contributed by atoms with Crippen LogP contribution in [0.4, 0.5) is 0 Å². The number of sulfonamides is 1. The van der Waals surface area contributed by atoms with Crippen molar-refractivity contribution in [3.8, 4) is 0 Å². The van der Waals surface area contributed by atoms with E-state index in [1.807, 2.05) is 0 Å². The van der Waals surface area contributed by atoms with Crippen molar-refractivity contribution in [1.29, 1.82) is 0 Å². The van der Waals surface area contributed by atoms with Crippen molar-refractivity contribution in [3.63, 3.8) is 0 Å². The molecule has 0 radical (unpaired) electrons. The largest absolute Gasteiger partial charge is 0.480 e. The van der Waals surface area contributed by atoms with E-state index in [-0.39, 0.29) is 5.09 Å². The van der Waals surface area contributed by atoms with Crippen molar-refractivity contribution < 1.29 is 22.7 Å². The van der Waals surface area contributed by atoms with Crippen molar-refractivity contribution in [2.45, 2.75) is 23.5 Å². The maximum atomic E-state index is 12.1. The molecule has 1 aromatic carbocycles. The van der Waals surface area contributed by atoms with Gasteiger partial charge in [-0.05, 0) is 18.9 Å². The summed E-state index contributed by atoms with van der Waals surface area (Å²) in [5.41, 5.74) is -0.916. The molecule has 0 spiro atoms. The molecule has 6 nitrogen and oxygen atoms in total. The highest BCUT2D eigenvalue weighted by Crippen LogP contribution is 2.37. The Labute approximate surface area is 109 Å². The second-order valence-corrected chi connectivity index (χ2v) is 6.21. The summed E-state index contributed by atoms with van der Waals surface area (Å²) in [6.45, 7) is 0. The summed E-state index contributed by atoms with van der Waals surface area (Å²) in [6, 6.07) is 8.26. The molecule has 1 aliphatic rings. The van der Waals surface area contributed by atoms with Crippen LogP contribution in [0.25, 0.3) is 11.0 Å². The number of carbonyl (C=O) groups is 1. The summed E-state index contributed by atoms with van der Waals surface area (Å²) >= 11 is 0. The summed E-state index contributed by atoms with van der Waals surface area (Å²) in [4.78, 5) is 11.0. The van der Waals surface area contributed by atoms with Crippen molar-refractivity contribution >= 4 is 27.0 Å². The van der Waals surface area contributed by atoms with E-state index in [1.165, 1.54) is 6.07 Å². The van der Waals surface area contributed by atoms with E-state index < -0.39 is 21.5 Å². The van der Waals surface area contributed by atoms with Gasteiger partial charge in [0.15, 0.2) is 0 Å². The van der Waals surface area contributed by atoms with E-state index in [0.29, 0.717) is 23.8 Å². The molecule has 0 unspecified atom stereocenters. The van der Waals surface area contributed by atoms with Gasteiger partial charge in [-0.3, -0.25) is 4.79 Å². The molecule has 0 saturated heterocycles. The predicted octanol–water partition coefficient (Wildman–Crippen LogP) is 1.33. The highest BCUT2D eigenvalue weighted by molar-refractivity contribution is 7.89. The average Bonchev–Trinajstić information content (AvgIpc) is 2.99. The van der Waals surface area contributed by atoms with Crippen molar-refractivity contribution in [1.82, 2.24) is 4.72 Å². The van der Waals surface area contributed by atoms with Crippen LogP contribution in [0.3, 0.4) is 0 Å². The molecule has 1 fully saturated rings. The van der Waals surface area contributed by atoms with E-state index in [0.717, 1.165) is 0 Å². The van der Waals surface area contributed by atoms with Gasteiger partial charge in [0.2, 0.25) is 5.09 Å². The molecule has 1 aliphatic carbocycles. The number of hydrogen-bond donors (Lipinski definition) is 2. The van der Waals surface area contributed by atoms with Crippen LogP contribution in [-0.2, 0) is 14.8 Å². The first kappa shape index (κ1) is 12.2. The number of carboxylic acid groups (broad SMARTS) is 1. The average molecular weight is 281 g/mol. The lowest BCUT2D eigenvalue weighted by atomic mass is 10.3. The molecule has 0 amide bonds. The third kappa shape index (κ3) is 2.00. The van der Waals surface area contributed by atoms with E-state index in [2.05, 4.69) is 4.72 Å². The number of fused-ring (bicyclic) bond motifs is 1. The van der Waals surface area contributed by atoms with Crippen LogP contribution < -0.4 is 4.72 Å². The van der Waals surface area contributed by atoms with Crippen LogP contribution in [0.1, 0.15) is 12.8 Å². The van der Waals surface area contributed by atoms with Gasteiger partial charge in [-0.2, -0.15) is 4.72 Å². The first-order valence-electron chi connectivity index (χ1n) is 5.69. The summed E-state index contributed by atoms with van der Waals surface area (Å²) in [5, 5.41) is 9.39. The van der Waals surface area contributed by atoms with Crippen LogP contribution >= 0.6 is 0 Å². The second-order valence-electron chi connectivity index (χ2n) is 4.60. The molecular formula is C12H11NO5S. The lowest BCUT2D eigenvalue weighted by Crippen LogP contribution is -2.42. The van der Waals surface area contributed by atoms with Crippen molar-refractivity contribution in [2.24, 2.45) is 0 Å². The van der Waals surface area contributed by atoms with Gasteiger partial charge in [-0.1, -0.05) is 18.2 Å². The zero-order valence-corrected chi connectivity index (χ0v) is 10.6. The molecular weight excluding hydrogens is 270 g/mol. The van der Waals surface area contributed by atoms with Gasteiger partial charge < -0.3 is 9.52 Å². The number of furan rings is 1. The SMILES string of the molecule is O=C(O)C1(NS(=O)(=O)c2cc3ccccc3o2)CC1. The molecule has 2 N–H and O–H groups in total. The van der Waals surface area contributed by atoms with E-state index in [1.54, 1.807) is 24.3 Å². The zero-order chi connectivity index (χ0) is 13.7. The number of aliphatic carboxylic acids is 1. The minimum Gasteiger partial charge on any atom is -0.480 e. The monoisotopic (exact) mass is 281 g/mol. The lowest BCUT2D eigenvalue weighted by Gasteiger charge is -2.10. The smallest absolute Gasteiger partial charge is 0.324 e. The van der Waals surface area contributed by atoms with E-state index in [4.69, 9.17) is 9.52 Å². The Morgan fingerprint density at radius 1 is 1.32 bits per heavy atom. The van der Waals surface area contributed by atoms with Gasteiger partial charge in [0.25, 0.3) is 10.0 Å². The molecule has 2 aromatic rings. The molecule has 0 bridgehead atoms. The molecule has 1 heterocycles. The third-order valence-electron chi connectivity index (χ3n) is 3.16. The fraction of sp³-hybridized carbons (Fsp3) is 0.250. The van der Waals surface area contributed by atoms with Gasteiger partial charge in [0.1, 0.15) is 11.1 Å². The first-order valence-corrected chi connectivity index (χ1v) is 7.17. The Morgan fingerprint density at radius 3 is 2.58 bits per heavy atom. The lowest BCUT2D eigenvalue weighted by molar-refractivity contribution is -0.140. The molecule has 0 atom stereocenters. The van der Waals surface area contributed by atoms with Gasteiger partial charge in [0.05, 0.1) is 0 Å². The topological polar surface area (TPSA) is 96.6 Å². The molecule has 100 valence electrons. The Morgan fingerprint density at radius 2 is 2.00 bits per heavy atom. The molecule has 7 heteroatoms. The Kier molecular flexibility index (Phi) is 2.45. The van der Waals surface area contributed by atoms with Crippen LogP contribution in [0.15, 0.2) is 39.8 Å². The Hall–Kier alpha value is -1.86. The highest BCUT2D eigenvalue weighted by atomic mass is 32.2. The normalized spacial score (nSPS) is 17.5. The van der Waals surface area contributed by atoms with E-state index >= 15 is 0 Å².